The molecular weight excluding hydrogens is 976 g/mol. The van der Waals surface area contributed by atoms with Gasteiger partial charge in [-0.2, -0.15) is 132 Å². The molecule has 0 aromatic heterocycles. The number of carbonyl (C=O) groups excluding carboxylic acids is 4. The van der Waals surface area contributed by atoms with Crippen molar-refractivity contribution in [1.82, 2.24) is 0 Å². The van der Waals surface area contributed by atoms with Gasteiger partial charge in [0.2, 0.25) is 0 Å². The first-order valence-electron chi connectivity index (χ1n) is 12.5. The Bertz CT molecular complexity index is 1500. The number of hydrogen-bond acceptors (Lipinski definition) is 8. The molecule has 1 fully saturated rings. The van der Waals surface area contributed by atoms with Crippen molar-refractivity contribution < 1.29 is 179 Å². The van der Waals surface area contributed by atoms with E-state index in [1.54, 1.807) is 0 Å². The minimum absolute atomic E-state index is 1.11. The van der Waals surface area contributed by atoms with Gasteiger partial charge < -0.3 is 0 Å². The van der Waals surface area contributed by atoms with Gasteiger partial charge in [0.1, 0.15) is 0 Å². The van der Waals surface area contributed by atoms with Gasteiger partial charge in [0.25, 0.3) is 0 Å². The van der Waals surface area contributed by atoms with Crippen molar-refractivity contribution in [3.8, 4) is 0 Å². The van der Waals surface area contributed by atoms with Crippen LogP contribution in [0.3, 0.4) is 0 Å². The molecule has 1 aliphatic rings. The van der Waals surface area contributed by atoms with E-state index in [-0.39, 0.29) is 0 Å². The van der Waals surface area contributed by atoms with E-state index in [9.17, 15) is 107 Å². The number of rotatable bonds is 14. The van der Waals surface area contributed by atoms with Crippen molar-refractivity contribution in [1.29, 1.82) is 0 Å². The van der Waals surface area contributed by atoms with E-state index in [0.29, 0.717) is 0 Å². The zero-order chi connectivity index (χ0) is 49.1. The van der Waals surface area contributed by atoms with E-state index >= 15 is 52.7 Å². The molecule has 0 bridgehead atoms. The topological polar surface area (TPSA) is 105 Å². The Kier molecular flexibility index (Phi) is 12.6. The fraction of sp³-hybridized carbons (Fsp3) is 0.800. The summed E-state index contributed by atoms with van der Waals surface area (Å²) >= 11 is 0. The van der Waals surface area contributed by atoms with Crippen LogP contribution in [0.5, 0.6) is 0 Å². The number of ether oxygens (including phenoxy) is 4. The molecule has 0 aliphatic heterocycles. The summed E-state index contributed by atoms with van der Waals surface area (Å²) in [7, 11) is 0. The Hall–Kier alpha value is -3.72. The average molecular weight is 976 g/mol. The molecule has 1 aliphatic carbocycles. The van der Waals surface area contributed by atoms with Crippen LogP contribution in [0, 0.1) is 0 Å². The Labute approximate surface area is 299 Å². The molecule has 0 saturated heterocycles. The third kappa shape index (κ3) is 6.64. The maximum Gasteiger partial charge on any atom is 0.459 e. The summed E-state index contributed by atoms with van der Waals surface area (Å²) in [6.45, 7) is 0. The Morgan fingerprint density at radius 2 is 0.400 bits per heavy atom. The highest BCUT2D eigenvalue weighted by molar-refractivity contribution is 5.79. The number of alkyl halides is 28. The molecule has 0 heterocycles. The van der Waals surface area contributed by atoms with Crippen LogP contribution in [0.4, 0.5) is 140 Å². The highest BCUT2D eigenvalue weighted by Gasteiger charge is 3.09. The maximum atomic E-state index is 15.8. The van der Waals surface area contributed by atoms with E-state index in [1.807, 2.05) is 0 Å². The molecule has 1 rings (SSSR count). The van der Waals surface area contributed by atoms with E-state index in [1.165, 1.54) is 0 Å². The molecule has 0 N–H and O–H groups in total. The monoisotopic (exact) mass is 976 g/mol. The second-order valence-corrected chi connectivity index (χ2v) is 10.6. The lowest BCUT2D eigenvalue weighted by Gasteiger charge is -2.59. The number of halogens is 32. The van der Waals surface area contributed by atoms with Crippen LogP contribution in [0.15, 0.2) is 0 Å². The molecule has 0 aromatic carbocycles. The standard InChI is InChI=1S/C20F32O8/c21-1(53)5(25,15(39,40)41)57-19(51,58-6(26,2(22)54)16(42,43)44)9(29)11(31,32)13(35,36)10(30,14(37,38)12(9,33)34)20(52,59-7(27,3(23)55)17(45,46)47)60-8(28,4(24)56)18(48,49)50. The largest absolute Gasteiger partial charge is 0.459 e. The molecule has 0 aromatic rings. The summed E-state index contributed by atoms with van der Waals surface area (Å²) in [4.78, 5) is 42.2. The van der Waals surface area contributed by atoms with Crippen LogP contribution in [-0.2, 0) is 38.1 Å². The molecule has 352 valence electrons. The SMILES string of the molecule is O=C(F)C(F)(OC(F)(OC(F)(C(=O)F)C(F)(F)F)C1(F)C(F)(F)C(F)(F)C(F)(C(F)(OC(F)(C(=O)F)C(F)(F)F)OC(F)(C(=O)F)C(F)(F)F)C(F)(F)C1(F)F)C(F)(F)F. The van der Waals surface area contributed by atoms with Gasteiger partial charge in [0.15, 0.2) is 0 Å². The first-order valence-corrected chi connectivity index (χ1v) is 12.5. The summed E-state index contributed by atoms with van der Waals surface area (Å²) in [6, 6.07) is -42.6. The predicted molar refractivity (Wildman–Crippen MR) is 104 cm³/mol. The molecule has 8 nitrogen and oxygen atoms in total. The van der Waals surface area contributed by atoms with Crippen molar-refractivity contribution in [2.75, 3.05) is 0 Å². The molecule has 4 atom stereocenters. The van der Waals surface area contributed by atoms with Crippen LogP contribution in [-0.4, -0.2) is 119 Å². The molecule has 40 heteroatoms. The lowest BCUT2D eigenvalue weighted by atomic mass is 9.65. The number of hydrogen-bond donors (Lipinski definition) is 0. The van der Waals surface area contributed by atoms with Crippen LogP contribution >= 0.6 is 0 Å². The van der Waals surface area contributed by atoms with E-state index in [2.05, 4.69) is 0 Å². The Balaban J connectivity index is 5.05. The molecule has 1 saturated carbocycles. The van der Waals surface area contributed by atoms with Gasteiger partial charge >= 0.3 is 119 Å². The molecule has 0 radical (unpaired) electrons. The van der Waals surface area contributed by atoms with Gasteiger partial charge in [-0.05, 0) is 0 Å². The van der Waals surface area contributed by atoms with Crippen molar-refractivity contribution in [3.05, 3.63) is 0 Å². The van der Waals surface area contributed by atoms with Gasteiger partial charge in [-0.3, -0.25) is 38.1 Å². The van der Waals surface area contributed by atoms with E-state index < -0.39 is 119 Å². The molecule has 0 spiro atoms. The second kappa shape index (κ2) is 13.9. The molecule has 60 heavy (non-hydrogen) atoms. The first-order chi connectivity index (χ1) is 25.6. The van der Waals surface area contributed by atoms with Crippen LogP contribution in [0.25, 0.3) is 0 Å². The van der Waals surface area contributed by atoms with Gasteiger partial charge in [-0.1, -0.05) is 0 Å². The summed E-state index contributed by atoms with van der Waals surface area (Å²) in [5, 5.41) is 0. The highest BCUT2D eigenvalue weighted by Crippen LogP contribution is 2.76. The van der Waals surface area contributed by atoms with Crippen molar-refractivity contribution in [2.45, 2.75) is 95.2 Å². The third-order valence-corrected chi connectivity index (χ3v) is 6.90. The minimum Gasteiger partial charge on any atom is -0.267 e. The third-order valence-electron chi connectivity index (χ3n) is 6.90. The van der Waals surface area contributed by atoms with E-state index in [0.717, 1.165) is 18.9 Å². The van der Waals surface area contributed by atoms with Gasteiger partial charge in [0, 0.05) is 0 Å². The molecule has 0 amide bonds. The maximum absolute atomic E-state index is 15.8. The van der Waals surface area contributed by atoms with Crippen LogP contribution < -0.4 is 0 Å². The first kappa shape index (κ1) is 54.3. The van der Waals surface area contributed by atoms with Crippen LogP contribution in [0.2, 0.25) is 0 Å². The fourth-order valence-corrected chi connectivity index (χ4v) is 3.89. The second-order valence-electron chi connectivity index (χ2n) is 10.6. The summed E-state index contributed by atoms with van der Waals surface area (Å²) < 4.78 is 456. The van der Waals surface area contributed by atoms with Gasteiger partial charge in [-0.15, -0.1) is 0 Å². The van der Waals surface area contributed by atoms with Crippen molar-refractivity contribution in [2.24, 2.45) is 0 Å². The fourth-order valence-electron chi connectivity index (χ4n) is 3.89. The zero-order valence-corrected chi connectivity index (χ0v) is 25.4. The summed E-state index contributed by atoms with van der Waals surface area (Å²) in [5.41, 5.74) is -20.8. The number of carbonyl (C=O) groups is 4. The van der Waals surface area contributed by atoms with Gasteiger partial charge in [0.05, 0.1) is 0 Å². The Morgan fingerprint density at radius 1 is 0.283 bits per heavy atom. The molecule has 4 unspecified atom stereocenters. The van der Waals surface area contributed by atoms with Crippen LogP contribution in [0.1, 0.15) is 0 Å². The highest BCUT2D eigenvalue weighted by atomic mass is 19.4. The summed E-state index contributed by atoms with van der Waals surface area (Å²) in [5.74, 6) is -75.8. The van der Waals surface area contributed by atoms with E-state index in [4.69, 9.17) is 0 Å². The van der Waals surface area contributed by atoms with Gasteiger partial charge in [-0.25, -0.2) is 8.78 Å². The Morgan fingerprint density at radius 3 is 0.483 bits per heavy atom. The van der Waals surface area contributed by atoms with Crippen molar-refractivity contribution >= 4 is 24.1 Å². The quantitative estimate of drug-likeness (QED) is 0.0977. The predicted octanol–water partition coefficient (Wildman–Crippen LogP) is 8.17. The summed E-state index contributed by atoms with van der Waals surface area (Å²) in [6.07, 6.45) is -34.0. The van der Waals surface area contributed by atoms with Crippen molar-refractivity contribution in [3.63, 3.8) is 0 Å². The smallest absolute Gasteiger partial charge is 0.267 e. The lowest BCUT2D eigenvalue weighted by molar-refractivity contribution is -0.595. The zero-order valence-electron chi connectivity index (χ0n) is 25.4. The molecular formula is C20F32O8. The normalized spacial score (nSPS) is 29.3. The average Bonchev–Trinajstić information content (AvgIpc) is 2.99. The lowest BCUT2D eigenvalue weighted by Crippen LogP contribution is -2.93. The minimum atomic E-state index is -10.4.